The lowest BCUT2D eigenvalue weighted by atomic mass is 10.4. The van der Waals surface area contributed by atoms with E-state index in [9.17, 15) is 0 Å². The minimum atomic E-state index is 0. The Bertz CT molecular complexity index is 87.5. The molecule has 2 nitrogen and oxygen atoms in total. The lowest BCUT2D eigenvalue weighted by Crippen LogP contribution is -2.21. The molecule has 0 bridgehead atoms. The first-order valence-electron chi connectivity index (χ1n) is 2.54. The molecule has 0 fully saturated rings. The minimum Gasteiger partial charge on any atom is -0.367 e. The highest BCUT2D eigenvalue weighted by molar-refractivity contribution is 5.85. The quantitative estimate of drug-likeness (QED) is 0.466. The second kappa shape index (κ2) is 7.77. The molecule has 0 unspecified atom stereocenters. The Morgan fingerprint density at radius 2 is 2.33 bits per heavy atom. The smallest absolute Gasteiger partial charge is 0.107 e. The SMILES string of the molecule is C#CCOC[C@@H](C)N.Cl. The van der Waals surface area contributed by atoms with Crippen molar-refractivity contribution >= 4 is 12.4 Å². The van der Waals surface area contributed by atoms with Gasteiger partial charge in [0.05, 0.1) is 6.61 Å². The molecular weight excluding hydrogens is 138 g/mol. The highest BCUT2D eigenvalue weighted by atomic mass is 35.5. The molecule has 0 heterocycles. The Labute approximate surface area is 62.2 Å². The molecule has 0 aliphatic heterocycles. The van der Waals surface area contributed by atoms with Gasteiger partial charge in [0.25, 0.3) is 0 Å². The normalized spacial score (nSPS) is 11.2. The van der Waals surface area contributed by atoms with Crippen molar-refractivity contribution in [3.05, 3.63) is 0 Å². The Kier molecular flexibility index (Phi) is 9.97. The molecule has 9 heavy (non-hydrogen) atoms. The maximum absolute atomic E-state index is 5.34. The van der Waals surface area contributed by atoms with E-state index in [2.05, 4.69) is 5.92 Å². The van der Waals surface area contributed by atoms with Gasteiger partial charge in [0.15, 0.2) is 0 Å². The summed E-state index contributed by atoms with van der Waals surface area (Å²) in [6.45, 7) is 2.78. The first-order chi connectivity index (χ1) is 3.77. The average molecular weight is 150 g/mol. The van der Waals surface area contributed by atoms with E-state index in [0.29, 0.717) is 13.2 Å². The third-order valence-corrected chi connectivity index (χ3v) is 0.566. The lowest BCUT2D eigenvalue weighted by molar-refractivity contribution is 0.156. The van der Waals surface area contributed by atoms with E-state index in [1.807, 2.05) is 6.92 Å². The molecule has 54 valence electrons. The van der Waals surface area contributed by atoms with Crippen LogP contribution in [0.5, 0.6) is 0 Å². The third-order valence-electron chi connectivity index (χ3n) is 0.566. The number of ether oxygens (including phenoxy) is 1. The van der Waals surface area contributed by atoms with Gasteiger partial charge in [-0.15, -0.1) is 18.8 Å². The molecule has 3 heteroatoms. The summed E-state index contributed by atoms with van der Waals surface area (Å²) in [6, 6.07) is 0.0864. The average Bonchev–Trinajstić information content (AvgIpc) is 1.66. The fourth-order valence-corrected chi connectivity index (χ4v) is 0.304. The van der Waals surface area contributed by atoms with Crippen LogP contribution in [-0.4, -0.2) is 19.3 Å². The Balaban J connectivity index is 0. The maximum atomic E-state index is 5.34. The number of rotatable bonds is 3. The van der Waals surface area contributed by atoms with Crippen molar-refractivity contribution in [2.45, 2.75) is 13.0 Å². The van der Waals surface area contributed by atoms with Crippen LogP contribution in [-0.2, 0) is 4.74 Å². The van der Waals surface area contributed by atoms with Gasteiger partial charge in [-0.2, -0.15) is 0 Å². The lowest BCUT2D eigenvalue weighted by Gasteiger charge is -2.01. The second-order valence-corrected chi connectivity index (χ2v) is 1.70. The number of hydrogen-bond acceptors (Lipinski definition) is 2. The Morgan fingerprint density at radius 3 is 2.67 bits per heavy atom. The number of hydrogen-bond donors (Lipinski definition) is 1. The van der Waals surface area contributed by atoms with E-state index in [4.69, 9.17) is 16.9 Å². The fourth-order valence-electron chi connectivity index (χ4n) is 0.304. The van der Waals surface area contributed by atoms with Gasteiger partial charge in [-0.1, -0.05) is 5.92 Å². The van der Waals surface area contributed by atoms with Gasteiger partial charge in [-0.3, -0.25) is 0 Å². The van der Waals surface area contributed by atoms with Gasteiger partial charge >= 0.3 is 0 Å². The van der Waals surface area contributed by atoms with Crippen molar-refractivity contribution < 1.29 is 4.74 Å². The van der Waals surface area contributed by atoms with Crippen LogP contribution in [0, 0.1) is 12.3 Å². The van der Waals surface area contributed by atoms with Crippen LogP contribution >= 0.6 is 12.4 Å². The number of terminal acetylenes is 1. The molecule has 0 aliphatic rings. The van der Waals surface area contributed by atoms with Crippen LogP contribution in [0.15, 0.2) is 0 Å². The van der Waals surface area contributed by atoms with E-state index >= 15 is 0 Å². The number of halogens is 1. The second-order valence-electron chi connectivity index (χ2n) is 1.70. The minimum absolute atomic E-state index is 0. The molecule has 0 saturated carbocycles. The number of nitrogens with two attached hydrogens (primary N) is 1. The van der Waals surface area contributed by atoms with E-state index < -0.39 is 0 Å². The van der Waals surface area contributed by atoms with Crippen molar-refractivity contribution in [1.82, 2.24) is 0 Å². The zero-order chi connectivity index (χ0) is 6.41. The van der Waals surface area contributed by atoms with Gasteiger partial charge in [-0.05, 0) is 6.92 Å². The van der Waals surface area contributed by atoms with Crippen LogP contribution in [0.3, 0.4) is 0 Å². The van der Waals surface area contributed by atoms with Crippen LogP contribution < -0.4 is 5.73 Å². The molecule has 0 aromatic heterocycles. The molecular formula is C6H12ClNO. The fraction of sp³-hybridized carbons (Fsp3) is 0.667. The third kappa shape index (κ3) is 11.4. The topological polar surface area (TPSA) is 35.2 Å². The summed E-state index contributed by atoms with van der Waals surface area (Å²) in [4.78, 5) is 0. The molecule has 0 spiro atoms. The van der Waals surface area contributed by atoms with E-state index in [1.54, 1.807) is 0 Å². The highest BCUT2D eigenvalue weighted by Crippen LogP contribution is 1.76. The summed E-state index contributed by atoms with van der Waals surface area (Å²) in [6.07, 6.45) is 4.90. The van der Waals surface area contributed by atoms with Crippen molar-refractivity contribution in [3.63, 3.8) is 0 Å². The van der Waals surface area contributed by atoms with E-state index in [-0.39, 0.29) is 18.4 Å². The van der Waals surface area contributed by atoms with Gasteiger partial charge in [0, 0.05) is 6.04 Å². The zero-order valence-corrected chi connectivity index (χ0v) is 6.28. The van der Waals surface area contributed by atoms with Gasteiger partial charge < -0.3 is 10.5 Å². The first kappa shape index (κ1) is 11.6. The maximum Gasteiger partial charge on any atom is 0.107 e. The van der Waals surface area contributed by atoms with Gasteiger partial charge in [0.1, 0.15) is 6.61 Å². The predicted octanol–water partition coefficient (Wildman–Crippen LogP) is 0.405. The predicted molar refractivity (Wildman–Crippen MR) is 40.5 cm³/mol. The van der Waals surface area contributed by atoms with Gasteiger partial charge in [-0.25, -0.2) is 0 Å². The van der Waals surface area contributed by atoms with E-state index in [0.717, 1.165) is 0 Å². The summed E-state index contributed by atoms with van der Waals surface area (Å²) in [5, 5.41) is 0. The Morgan fingerprint density at radius 1 is 1.78 bits per heavy atom. The molecule has 2 N–H and O–H groups in total. The highest BCUT2D eigenvalue weighted by Gasteiger charge is 1.89. The standard InChI is InChI=1S/C6H11NO.ClH/c1-3-4-8-5-6(2)7;/h1,6H,4-5,7H2,2H3;1H/t6-;/m1./s1. The summed E-state index contributed by atoms with van der Waals surface area (Å²) in [5.74, 6) is 2.35. The zero-order valence-electron chi connectivity index (χ0n) is 5.46. The summed E-state index contributed by atoms with van der Waals surface area (Å²) in [5.41, 5.74) is 5.34. The van der Waals surface area contributed by atoms with Crippen LogP contribution in [0.1, 0.15) is 6.92 Å². The van der Waals surface area contributed by atoms with Crippen molar-refractivity contribution in [2.24, 2.45) is 5.73 Å². The van der Waals surface area contributed by atoms with Gasteiger partial charge in [0.2, 0.25) is 0 Å². The molecule has 0 aliphatic carbocycles. The molecule has 0 rings (SSSR count). The largest absolute Gasteiger partial charge is 0.367 e. The van der Waals surface area contributed by atoms with Crippen molar-refractivity contribution in [2.75, 3.05) is 13.2 Å². The molecule has 0 amide bonds. The molecule has 0 aromatic carbocycles. The van der Waals surface area contributed by atoms with Crippen LogP contribution in [0.2, 0.25) is 0 Å². The molecule has 0 aromatic rings. The molecule has 0 saturated heterocycles. The van der Waals surface area contributed by atoms with Crippen LogP contribution in [0.4, 0.5) is 0 Å². The Hall–Kier alpha value is -0.230. The molecule has 0 radical (unpaired) electrons. The van der Waals surface area contributed by atoms with Crippen molar-refractivity contribution in [1.29, 1.82) is 0 Å². The van der Waals surface area contributed by atoms with Crippen LogP contribution in [0.25, 0.3) is 0 Å². The summed E-state index contributed by atoms with van der Waals surface area (Å²) in [7, 11) is 0. The monoisotopic (exact) mass is 149 g/mol. The van der Waals surface area contributed by atoms with Crippen molar-refractivity contribution in [3.8, 4) is 12.3 Å². The molecule has 1 atom stereocenters. The summed E-state index contributed by atoms with van der Waals surface area (Å²) >= 11 is 0. The first-order valence-corrected chi connectivity index (χ1v) is 2.54. The summed E-state index contributed by atoms with van der Waals surface area (Å²) < 4.78 is 4.88. The van der Waals surface area contributed by atoms with E-state index in [1.165, 1.54) is 0 Å².